The van der Waals surface area contributed by atoms with Crippen molar-refractivity contribution in [3.05, 3.63) is 46.1 Å². The summed E-state index contributed by atoms with van der Waals surface area (Å²) in [7, 11) is 0. The number of rotatable bonds is 6. The number of nitrogens with zero attached hydrogens (tertiary/aromatic N) is 2. The van der Waals surface area contributed by atoms with Crippen molar-refractivity contribution in [3.63, 3.8) is 0 Å². The predicted octanol–water partition coefficient (Wildman–Crippen LogP) is 2.35. The fourth-order valence-corrected chi connectivity index (χ4v) is 2.53. The molecule has 3 rings (SSSR count). The molecular weight excluding hydrogens is 320 g/mol. The molecule has 0 bridgehead atoms. The molecule has 0 atom stereocenters. The molecule has 3 aromatic rings. The summed E-state index contributed by atoms with van der Waals surface area (Å²) in [5, 5.41) is 7.57. The molecule has 0 saturated carbocycles. The van der Waals surface area contributed by atoms with Gasteiger partial charge in [-0.25, -0.2) is 0 Å². The van der Waals surface area contributed by atoms with Gasteiger partial charge >= 0.3 is 0 Å². The van der Waals surface area contributed by atoms with E-state index in [0.29, 0.717) is 24.4 Å². The van der Waals surface area contributed by atoms with Crippen molar-refractivity contribution in [3.8, 4) is 11.4 Å². The molecule has 0 aliphatic rings. The van der Waals surface area contributed by atoms with Crippen LogP contribution in [-0.4, -0.2) is 27.6 Å². The number of carbonyl (C=O) groups excluding carboxylic acids is 1. The lowest BCUT2D eigenvalue weighted by atomic mass is 10.1. The van der Waals surface area contributed by atoms with Crippen LogP contribution in [0.4, 0.5) is 0 Å². The second-order valence-electron chi connectivity index (χ2n) is 5.96. The minimum atomic E-state index is -0.274. The Morgan fingerprint density at radius 2 is 2.16 bits per heavy atom. The van der Waals surface area contributed by atoms with Crippen LogP contribution in [0.15, 0.2) is 33.6 Å². The Hall–Kier alpha value is -2.96. The lowest BCUT2D eigenvalue weighted by Crippen LogP contribution is -2.24. The third kappa shape index (κ3) is 3.93. The normalized spacial score (nSPS) is 11.0. The molecule has 0 saturated heterocycles. The molecule has 2 aromatic heterocycles. The molecule has 7 heteroatoms. The van der Waals surface area contributed by atoms with Gasteiger partial charge in [0.2, 0.25) is 17.6 Å². The van der Waals surface area contributed by atoms with Gasteiger partial charge in [0.15, 0.2) is 0 Å². The van der Waals surface area contributed by atoms with Gasteiger partial charge in [0, 0.05) is 24.9 Å². The second kappa shape index (κ2) is 7.29. The van der Waals surface area contributed by atoms with Crippen LogP contribution in [0, 0.1) is 6.92 Å². The zero-order valence-electron chi connectivity index (χ0n) is 14.3. The molecule has 130 valence electrons. The summed E-state index contributed by atoms with van der Waals surface area (Å²) in [4.78, 5) is 31.0. The highest BCUT2D eigenvalue weighted by molar-refractivity contribution is 5.82. The number of amides is 1. The van der Waals surface area contributed by atoms with E-state index in [9.17, 15) is 9.59 Å². The molecule has 0 aliphatic carbocycles. The average Bonchev–Trinajstić information content (AvgIpc) is 3.06. The first-order valence-corrected chi connectivity index (χ1v) is 8.30. The Bertz CT molecular complexity index is 958. The molecule has 0 unspecified atom stereocenters. The Kier molecular flexibility index (Phi) is 4.92. The lowest BCUT2D eigenvalue weighted by Gasteiger charge is -2.01. The van der Waals surface area contributed by atoms with Gasteiger partial charge in [-0.05, 0) is 36.9 Å². The SMILES string of the molecule is CCCNC(=O)CCc1nc(-c2cc3cc(C)ccc3[nH]c2=O)no1. The fourth-order valence-electron chi connectivity index (χ4n) is 2.53. The summed E-state index contributed by atoms with van der Waals surface area (Å²) in [6.07, 6.45) is 1.50. The van der Waals surface area contributed by atoms with Gasteiger partial charge in [-0.3, -0.25) is 9.59 Å². The molecular formula is C18H20N4O3. The number of hydrogen-bond donors (Lipinski definition) is 2. The number of fused-ring (bicyclic) bond motifs is 1. The van der Waals surface area contributed by atoms with Crippen LogP contribution in [0.25, 0.3) is 22.3 Å². The highest BCUT2D eigenvalue weighted by Gasteiger charge is 2.14. The zero-order valence-corrected chi connectivity index (χ0v) is 14.3. The minimum absolute atomic E-state index is 0.0550. The molecule has 7 nitrogen and oxygen atoms in total. The lowest BCUT2D eigenvalue weighted by molar-refractivity contribution is -0.121. The Labute approximate surface area is 144 Å². The van der Waals surface area contributed by atoms with Gasteiger partial charge in [-0.1, -0.05) is 23.7 Å². The molecule has 2 N–H and O–H groups in total. The molecule has 25 heavy (non-hydrogen) atoms. The monoisotopic (exact) mass is 340 g/mol. The predicted molar refractivity (Wildman–Crippen MR) is 94.2 cm³/mol. The highest BCUT2D eigenvalue weighted by atomic mass is 16.5. The van der Waals surface area contributed by atoms with Crippen molar-refractivity contribution in [1.29, 1.82) is 0 Å². The Balaban J connectivity index is 1.80. The molecule has 1 aromatic carbocycles. The van der Waals surface area contributed by atoms with Crippen molar-refractivity contribution in [1.82, 2.24) is 20.4 Å². The number of pyridine rings is 1. The summed E-state index contributed by atoms with van der Waals surface area (Å²) >= 11 is 0. The van der Waals surface area contributed by atoms with E-state index < -0.39 is 0 Å². The van der Waals surface area contributed by atoms with E-state index in [4.69, 9.17) is 4.52 Å². The molecule has 2 heterocycles. The maximum atomic E-state index is 12.3. The van der Waals surface area contributed by atoms with E-state index in [1.54, 1.807) is 6.07 Å². The molecule has 0 spiro atoms. The topological polar surface area (TPSA) is 101 Å². The van der Waals surface area contributed by atoms with E-state index in [0.717, 1.165) is 22.9 Å². The maximum Gasteiger partial charge on any atom is 0.259 e. The van der Waals surface area contributed by atoms with E-state index in [2.05, 4.69) is 20.4 Å². The smallest absolute Gasteiger partial charge is 0.259 e. The highest BCUT2D eigenvalue weighted by Crippen LogP contribution is 2.18. The first-order chi connectivity index (χ1) is 12.1. The largest absolute Gasteiger partial charge is 0.356 e. The van der Waals surface area contributed by atoms with Crippen molar-refractivity contribution in [2.75, 3.05) is 6.54 Å². The van der Waals surface area contributed by atoms with E-state index in [1.807, 2.05) is 32.0 Å². The van der Waals surface area contributed by atoms with Crippen LogP contribution in [0.5, 0.6) is 0 Å². The summed E-state index contributed by atoms with van der Waals surface area (Å²) in [5.41, 5.74) is 1.93. The van der Waals surface area contributed by atoms with Crippen molar-refractivity contribution in [2.24, 2.45) is 0 Å². The van der Waals surface area contributed by atoms with E-state index >= 15 is 0 Å². The number of carbonyl (C=O) groups is 1. The quantitative estimate of drug-likeness (QED) is 0.717. The number of hydrogen-bond acceptors (Lipinski definition) is 5. The number of aromatic amines is 1. The van der Waals surface area contributed by atoms with Crippen LogP contribution in [0.2, 0.25) is 0 Å². The van der Waals surface area contributed by atoms with Gasteiger partial charge in [0.05, 0.1) is 5.56 Å². The van der Waals surface area contributed by atoms with Gasteiger partial charge in [0.1, 0.15) is 0 Å². The van der Waals surface area contributed by atoms with Crippen molar-refractivity contribution >= 4 is 16.8 Å². The number of benzene rings is 1. The van der Waals surface area contributed by atoms with Crippen molar-refractivity contribution < 1.29 is 9.32 Å². The summed E-state index contributed by atoms with van der Waals surface area (Å²) < 4.78 is 5.17. The zero-order chi connectivity index (χ0) is 17.8. The molecule has 0 radical (unpaired) electrons. The first kappa shape index (κ1) is 16.9. The standard InChI is InChI=1S/C18H20N4O3/c1-3-8-19-15(23)6-7-16-21-17(22-25-16)13-10-12-9-11(2)4-5-14(12)20-18(13)24/h4-5,9-10H,3,6-8H2,1-2H3,(H,19,23)(H,20,24). The van der Waals surface area contributed by atoms with Gasteiger partial charge in [-0.15, -0.1) is 0 Å². The van der Waals surface area contributed by atoms with Crippen LogP contribution in [0.1, 0.15) is 31.2 Å². The third-order valence-corrected chi connectivity index (χ3v) is 3.85. The fraction of sp³-hybridized carbons (Fsp3) is 0.333. The van der Waals surface area contributed by atoms with E-state index in [-0.39, 0.29) is 23.7 Å². The molecule has 0 fully saturated rings. The van der Waals surface area contributed by atoms with Crippen molar-refractivity contribution in [2.45, 2.75) is 33.1 Å². The number of H-pyrrole nitrogens is 1. The summed E-state index contributed by atoms with van der Waals surface area (Å²) in [6.45, 7) is 4.63. The Morgan fingerprint density at radius 1 is 1.32 bits per heavy atom. The first-order valence-electron chi connectivity index (χ1n) is 8.30. The number of aromatic nitrogens is 3. The van der Waals surface area contributed by atoms with Crippen LogP contribution < -0.4 is 10.9 Å². The summed E-state index contributed by atoms with van der Waals surface area (Å²) in [6, 6.07) is 7.54. The maximum absolute atomic E-state index is 12.3. The third-order valence-electron chi connectivity index (χ3n) is 3.85. The number of nitrogens with one attached hydrogen (secondary N) is 2. The van der Waals surface area contributed by atoms with Crippen LogP contribution in [0.3, 0.4) is 0 Å². The van der Waals surface area contributed by atoms with Gasteiger partial charge in [-0.2, -0.15) is 4.98 Å². The Morgan fingerprint density at radius 3 is 2.96 bits per heavy atom. The van der Waals surface area contributed by atoms with E-state index in [1.165, 1.54) is 0 Å². The minimum Gasteiger partial charge on any atom is -0.356 e. The van der Waals surface area contributed by atoms with Gasteiger partial charge < -0.3 is 14.8 Å². The van der Waals surface area contributed by atoms with Gasteiger partial charge in [0.25, 0.3) is 5.56 Å². The molecule has 1 amide bonds. The summed E-state index contributed by atoms with van der Waals surface area (Å²) in [5.74, 6) is 0.514. The molecule has 0 aliphatic heterocycles. The second-order valence-corrected chi connectivity index (χ2v) is 5.96. The average molecular weight is 340 g/mol. The number of aryl methyl sites for hydroxylation is 2. The van der Waals surface area contributed by atoms with Crippen LogP contribution >= 0.6 is 0 Å². The van der Waals surface area contributed by atoms with Crippen LogP contribution in [-0.2, 0) is 11.2 Å².